The van der Waals surface area contributed by atoms with Gasteiger partial charge in [0.15, 0.2) is 0 Å². The lowest BCUT2D eigenvalue weighted by atomic mass is 9.96. The van der Waals surface area contributed by atoms with Gasteiger partial charge in [0.05, 0.1) is 0 Å². The van der Waals surface area contributed by atoms with Crippen molar-refractivity contribution in [3.63, 3.8) is 0 Å². The zero-order chi connectivity index (χ0) is 11.8. The Hall–Kier alpha value is -1.53. The predicted octanol–water partition coefficient (Wildman–Crippen LogP) is 4.97. The second-order valence-electron chi connectivity index (χ2n) is 4.55. The molecule has 0 heterocycles. The number of benzene rings is 2. The lowest BCUT2D eigenvalue weighted by molar-refractivity contribution is 1.20. The molecule has 0 fully saturated rings. The minimum absolute atomic E-state index is 0.813. The van der Waals surface area contributed by atoms with Crippen molar-refractivity contribution in [2.75, 3.05) is 0 Å². The SMILES string of the molecule is CC1=Cc2cc(Cl)cc(-c3ccccc3)c2C1. The molecule has 0 atom stereocenters. The third kappa shape index (κ3) is 1.89. The summed E-state index contributed by atoms with van der Waals surface area (Å²) in [4.78, 5) is 0. The highest BCUT2D eigenvalue weighted by atomic mass is 35.5. The molecule has 0 bridgehead atoms. The van der Waals surface area contributed by atoms with E-state index < -0.39 is 0 Å². The number of allylic oxidation sites excluding steroid dienone is 1. The normalized spacial score (nSPS) is 13.4. The monoisotopic (exact) mass is 240 g/mol. The molecule has 0 N–H and O–H groups in total. The lowest BCUT2D eigenvalue weighted by Crippen LogP contribution is -1.90. The van der Waals surface area contributed by atoms with E-state index in [1.165, 1.54) is 27.8 Å². The third-order valence-corrected chi connectivity index (χ3v) is 3.41. The average Bonchev–Trinajstić information content (AvgIpc) is 2.69. The van der Waals surface area contributed by atoms with Crippen LogP contribution in [0.25, 0.3) is 17.2 Å². The molecule has 0 saturated carbocycles. The van der Waals surface area contributed by atoms with Gasteiger partial charge in [-0.25, -0.2) is 0 Å². The van der Waals surface area contributed by atoms with Crippen molar-refractivity contribution in [2.24, 2.45) is 0 Å². The largest absolute Gasteiger partial charge is 0.0843 e. The highest BCUT2D eigenvalue weighted by molar-refractivity contribution is 6.31. The van der Waals surface area contributed by atoms with Crippen LogP contribution in [-0.2, 0) is 6.42 Å². The summed E-state index contributed by atoms with van der Waals surface area (Å²) in [5.74, 6) is 0. The van der Waals surface area contributed by atoms with Gasteiger partial charge in [0, 0.05) is 5.02 Å². The van der Waals surface area contributed by atoms with Gasteiger partial charge in [0.2, 0.25) is 0 Å². The Morgan fingerprint density at radius 1 is 1.06 bits per heavy atom. The zero-order valence-electron chi connectivity index (χ0n) is 9.70. The maximum absolute atomic E-state index is 6.20. The minimum Gasteiger partial charge on any atom is -0.0843 e. The summed E-state index contributed by atoms with van der Waals surface area (Å²) in [5.41, 5.74) is 6.59. The summed E-state index contributed by atoms with van der Waals surface area (Å²) >= 11 is 6.20. The number of halogens is 1. The Bertz CT molecular complexity index is 594. The maximum atomic E-state index is 6.20. The van der Waals surface area contributed by atoms with Crippen LogP contribution in [0.5, 0.6) is 0 Å². The van der Waals surface area contributed by atoms with Crippen molar-refractivity contribution in [3.05, 3.63) is 64.2 Å². The van der Waals surface area contributed by atoms with Crippen LogP contribution in [-0.4, -0.2) is 0 Å². The fourth-order valence-corrected chi connectivity index (χ4v) is 2.68. The van der Waals surface area contributed by atoms with E-state index in [9.17, 15) is 0 Å². The molecule has 3 rings (SSSR count). The summed E-state index contributed by atoms with van der Waals surface area (Å²) in [6, 6.07) is 14.6. The van der Waals surface area contributed by atoms with E-state index in [0.29, 0.717) is 0 Å². The lowest BCUT2D eigenvalue weighted by Gasteiger charge is -2.10. The van der Waals surface area contributed by atoms with Crippen LogP contribution in [0.1, 0.15) is 18.1 Å². The van der Waals surface area contributed by atoms with Gasteiger partial charge in [-0.2, -0.15) is 0 Å². The molecule has 2 aromatic rings. The molecule has 17 heavy (non-hydrogen) atoms. The van der Waals surface area contributed by atoms with E-state index in [-0.39, 0.29) is 0 Å². The van der Waals surface area contributed by atoms with E-state index in [4.69, 9.17) is 11.6 Å². The molecule has 0 radical (unpaired) electrons. The first-order valence-corrected chi connectivity index (χ1v) is 6.17. The van der Waals surface area contributed by atoms with Crippen molar-refractivity contribution < 1.29 is 0 Å². The first kappa shape index (κ1) is 10.6. The number of hydrogen-bond acceptors (Lipinski definition) is 0. The van der Waals surface area contributed by atoms with Crippen molar-refractivity contribution >= 4 is 17.7 Å². The molecule has 0 aliphatic heterocycles. The highest BCUT2D eigenvalue weighted by Crippen LogP contribution is 2.36. The molecule has 2 aromatic carbocycles. The number of rotatable bonds is 1. The topological polar surface area (TPSA) is 0 Å². The van der Waals surface area contributed by atoms with E-state index in [2.05, 4.69) is 49.4 Å². The van der Waals surface area contributed by atoms with Crippen LogP contribution < -0.4 is 0 Å². The Morgan fingerprint density at radius 3 is 2.59 bits per heavy atom. The van der Waals surface area contributed by atoms with E-state index >= 15 is 0 Å². The zero-order valence-corrected chi connectivity index (χ0v) is 10.5. The third-order valence-electron chi connectivity index (χ3n) is 3.19. The second-order valence-corrected chi connectivity index (χ2v) is 4.99. The Morgan fingerprint density at radius 2 is 1.82 bits per heavy atom. The summed E-state index contributed by atoms with van der Waals surface area (Å²) in [7, 11) is 0. The molecule has 84 valence electrons. The minimum atomic E-state index is 0.813. The molecule has 1 heteroatoms. The van der Waals surface area contributed by atoms with E-state index in [1.807, 2.05) is 6.07 Å². The number of fused-ring (bicyclic) bond motifs is 1. The van der Waals surface area contributed by atoms with Gasteiger partial charge in [-0.15, -0.1) is 0 Å². The van der Waals surface area contributed by atoms with Gasteiger partial charge in [-0.3, -0.25) is 0 Å². The molecular formula is C16H13Cl. The Labute approximate surface area is 107 Å². The van der Waals surface area contributed by atoms with Gasteiger partial charge in [-0.1, -0.05) is 53.6 Å². The van der Waals surface area contributed by atoms with Crippen molar-refractivity contribution in [1.29, 1.82) is 0 Å². The van der Waals surface area contributed by atoms with Crippen LogP contribution in [0, 0.1) is 0 Å². The van der Waals surface area contributed by atoms with Crippen molar-refractivity contribution in [1.82, 2.24) is 0 Å². The number of hydrogen-bond donors (Lipinski definition) is 0. The van der Waals surface area contributed by atoms with E-state index in [1.54, 1.807) is 0 Å². The summed E-state index contributed by atoms with van der Waals surface area (Å²) < 4.78 is 0. The molecule has 1 aliphatic carbocycles. The standard InChI is InChI=1S/C16H13Cl/c1-11-7-13-9-14(17)10-16(15(13)8-11)12-5-3-2-4-6-12/h2-7,9-10H,8H2,1H3. The summed E-state index contributed by atoms with van der Waals surface area (Å²) in [5, 5.41) is 0.813. The van der Waals surface area contributed by atoms with Gasteiger partial charge in [0.1, 0.15) is 0 Å². The van der Waals surface area contributed by atoms with Gasteiger partial charge in [0.25, 0.3) is 0 Å². The fourth-order valence-electron chi connectivity index (χ4n) is 2.45. The summed E-state index contributed by atoms with van der Waals surface area (Å²) in [6.07, 6.45) is 3.27. The maximum Gasteiger partial charge on any atom is 0.0418 e. The molecule has 0 nitrogen and oxygen atoms in total. The molecule has 1 aliphatic rings. The van der Waals surface area contributed by atoms with Crippen LogP contribution in [0.15, 0.2) is 48.0 Å². The predicted molar refractivity (Wildman–Crippen MR) is 74.2 cm³/mol. The quantitative estimate of drug-likeness (QED) is 0.661. The van der Waals surface area contributed by atoms with Gasteiger partial charge in [-0.05, 0) is 47.7 Å². The van der Waals surface area contributed by atoms with Gasteiger partial charge >= 0.3 is 0 Å². The second kappa shape index (κ2) is 4.05. The first-order valence-electron chi connectivity index (χ1n) is 5.79. The van der Waals surface area contributed by atoms with Crippen LogP contribution >= 0.6 is 11.6 Å². The van der Waals surface area contributed by atoms with Crippen molar-refractivity contribution in [2.45, 2.75) is 13.3 Å². The molecular weight excluding hydrogens is 228 g/mol. The van der Waals surface area contributed by atoms with Crippen LogP contribution in [0.3, 0.4) is 0 Å². The van der Waals surface area contributed by atoms with Gasteiger partial charge < -0.3 is 0 Å². The van der Waals surface area contributed by atoms with Crippen LogP contribution in [0.4, 0.5) is 0 Å². The molecule has 0 amide bonds. The Kier molecular flexibility index (Phi) is 2.53. The molecule has 0 spiro atoms. The van der Waals surface area contributed by atoms with E-state index in [0.717, 1.165) is 11.4 Å². The molecule has 0 aromatic heterocycles. The Balaban J connectivity index is 2.21. The smallest absolute Gasteiger partial charge is 0.0418 e. The first-order chi connectivity index (χ1) is 8.24. The van der Waals surface area contributed by atoms with Crippen LogP contribution in [0.2, 0.25) is 5.02 Å². The summed E-state index contributed by atoms with van der Waals surface area (Å²) in [6.45, 7) is 2.17. The fraction of sp³-hybridized carbons (Fsp3) is 0.125. The molecule has 0 unspecified atom stereocenters. The average molecular weight is 241 g/mol. The highest BCUT2D eigenvalue weighted by Gasteiger charge is 2.15. The van der Waals surface area contributed by atoms with Crippen molar-refractivity contribution in [3.8, 4) is 11.1 Å². The molecule has 0 saturated heterocycles.